The van der Waals surface area contributed by atoms with Crippen LogP contribution in [0, 0.1) is 5.82 Å². The average molecular weight is 411 g/mol. The van der Waals surface area contributed by atoms with Gasteiger partial charge in [-0.1, -0.05) is 12.1 Å². The molecule has 158 valence electrons. The smallest absolute Gasteiger partial charge is 0.256 e. The quantitative estimate of drug-likeness (QED) is 0.649. The lowest BCUT2D eigenvalue weighted by molar-refractivity contribution is 0.0363. The summed E-state index contributed by atoms with van der Waals surface area (Å²) in [5.74, 6) is -0.126. The molecule has 0 spiro atoms. The van der Waals surface area contributed by atoms with Crippen LogP contribution in [-0.2, 0) is 4.74 Å². The molecule has 4 rings (SSSR count). The number of halogens is 1. The number of carbonyl (C=O) groups excluding carboxylic acids is 1. The Morgan fingerprint density at radius 1 is 1.20 bits per heavy atom. The molecule has 3 aromatic rings. The molecule has 7 nitrogen and oxygen atoms in total. The fourth-order valence-corrected chi connectivity index (χ4v) is 3.60. The third kappa shape index (κ3) is 4.44. The van der Waals surface area contributed by atoms with Crippen molar-refractivity contribution < 1.29 is 13.9 Å². The Labute approximate surface area is 175 Å². The molecule has 2 aromatic heterocycles. The highest BCUT2D eigenvalue weighted by atomic mass is 19.1. The molecule has 1 saturated heterocycles. The van der Waals surface area contributed by atoms with Crippen LogP contribution in [0.25, 0.3) is 11.5 Å². The Morgan fingerprint density at radius 3 is 2.67 bits per heavy atom. The molecule has 1 N–H and O–H groups in total. The first-order valence-electron chi connectivity index (χ1n) is 10.2. The third-order valence-corrected chi connectivity index (χ3v) is 5.28. The van der Waals surface area contributed by atoms with Gasteiger partial charge in [-0.05, 0) is 37.6 Å². The number of nitrogens with zero attached hydrogens (tertiary/aromatic N) is 4. The zero-order valence-electron chi connectivity index (χ0n) is 17.0. The van der Waals surface area contributed by atoms with Gasteiger partial charge in [0.15, 0.2) is 5.82 Å². The van der Waals surface area contributed by atoms with E-state index in [9.17, 15) is 9.18 Å². The lowest BCUT2D eigenvalue weighted by atomic mass is 10.2. The van der Waals surface area contributed by atoms with Crippen molar-refractivity contribution in [3.63, 3.8) is 0 Å². The molecule has 1 aliphatic rings. The lowest BCUT2D eigenvalue weighted by Gasteiger charge is -2.27. The van der Waals surface area contributed by atoms with Gasteiger partial charge in [0.05, 0.1) is 19.4 Å². The van der Waals surface area contributed by atoms with E-state index in [1.807, 2.05) is 31.5 Å². The van der Waals surface area contributed by atoms with Gasteiger partial charge in [0, 0.05) is 38.1 Å². The zero-order chi connectivity index (χ0) is 20.9. The first-order valence-corrected chi connectivity index (χ1v) is 10.2. The van der Waals surface area contributed by atoms with Crippen molar-refractivity contribution in [1.82, 2.24) is 24.6 Å². The summed E-state index contributed by atoms with van der Waals surface area (Å²) in [5.41, 5.74) is 0.688. The molecule has 1 amide bonds. The van der Waals surface area contributed by atoms with Gasteiger partial charge in [-0.15, -0.1) is 0 Å². The molecule has 0 saturated carbocycles. The van der Waals surface area contributed by atoms with Crippen LogP contribution in [0.1, 0.15) is 23.7 Å². The predicted octanol–water partition coefficient (Wildman–Crippen LogP) is 2.64. The van der Waals surface area contributed by atoms with Crippen molar-refractivity contribution in [1.29, 1.82) is 0 Å². The largest absolute Gasteiger partial charge is 0.379 e. The Hall–Kier alpha value is -2.97. The van der Waals surface area contributed by atoms with Crippen LogP contribution in [0.4, 0.5) is 4.39 Å². The number of para-hydroxylation sites is 1. The van der Waals surface area contributed by atoms with Crippen molar-refractivity contribution >= 4 is 5.91 Å². The van der Waals surface area contributed by atoms with E-state index in [4.69, 9.17) is 4.74 Å². The number of aromatic nitrogens is 3. The Kier molecular flexibility index (Phi) is 6.25. The van der Waals surface area contributed by atoms with Gasteiger partial charge in [0.2, 0.25) is 0 Å². The minimum absolute atomic E-state index is 0.00494. The van der Waals surface area contributed by atoms with Crippen LogP contribution >= 0.6 is 0 Å². The normalized spacial score (nSPS) is 15.8. The molecule has 3 heterocycles. The predicted molar refractivity (Wildman–Crippen MR) is 112 cm³/mol. The van der Waals surface area contributed by atoms with Crippen molar-refractivity contribution in [2.24, 2.45) is 0 Å². The van der Waals surface area contributed by atoms with Crippen LogP contribution < -0.4 is 5.32 Å². The van der Waals surface area contributed by atoms with E-state index >= 15 is 0 Å². The fraction of sp³-hybridized carbons (Fsp3) is 0.364. The Balaban J connectivity index is 1.53. The first kappa shape index (κ1) is 20.3. The summed E-state index contributed by atoms with van der Waals surface area (Å²) in [6.07, 6.45) is 5.96. The van der Waals surface area contributed by atoms with Crippen LogP contribution in [0.3, 0.4) is 0 Å². The summed E-state index contributed by atoms with van der Waals surface area (Å²) >= 11 is 0. The molecule has 1 atom stereocenters. The van der Waals surface area contributed by atoms with E-state index in [1.165, 1.54) is 16.9 Å². The molecular weight excluding hydrogens is 385 g/mol. The summed E-state index contributed by atoms with van der Waals surface area (Å²) in [5, 5.41) is 7.38. The fourth-order valence-electron chi connectivity index (χ4n) is 3.60. The van der Waals surface area contributed by atoms with E-state index < -0.39 is 5.82 Å². The van der Waals surface area contributed by atoms with E-state index in [1.54, 1.807) is 22.8 Å². The second-order valence-electron chi connectivity index (χ2n) is 7.45. The first-order chi connectivity index (χ1) is 14.6. The zero-order valence-corrected chi connectivity index (χ0v) is 17.0. The van der Waals surface area contributed by atoms with Crippen molar-refractivity contribution in [3.8, 4) is 11.5 Å². The molecule has 8 heteroatoms. The highest BCUT2D eigenvalue weighted by Crippen LogP contribution is 2.22. The standard InChI is InChI=1S/C22H26FN5O2/c1-17(8-11-26-12-14-30-15-13-26)25-21(29)18-16-24-28(20-7-3-2-6-19(20)23)22(18)27-9-4-5-10-27/h2-7,9-10,16-17H,8,11-15H2,1H3,(H,25,29). The molecule has 30 heavy (non-hydrogen) atoms. The second kappa shape index (κ2) is 9.23. The highest BCUT2D eigenvalue weighted by molar-refractivity contribution is 5.97. The monoisotopic (exact) mass is 411 g/mol. The summed E-state index contributed by atoms with van der Waals surface area (Å²) in [6.45, 7) is 6.27. The number of benzene rings is 1. The topological polar surface area (TPSA) is 64.3 Å². The molecule has 1 fully saturated rings. The molecule has 0 aliphatic carbocycles. The number of morpholine rings is 1. The Bertz CT molecular complexity index is 979. The van der Waals surface area contributed by atoms with Gasteiger partial charge in [-0.3, -0.25) is 9.69 Å². The van der Waals surface area contributed by atoms with Crippen molar-refractivity contribution in [2.45, 2.75) is 19.4 Å². The maximum Gasteiger partial charge on any atom is 0.256 e. The molecule has 0 radical (unpaired) electrons. The maximum atomic E-state index is 14.4. The molecule has 1 aromatic carbocycles. The summed E-state index contributed by atoms with van der Waals surface area (Å²) in [6, 6.07) is 10.1. The van der Waals surface area contributed by atoms with Gasteiger partial charge >= 0.3 is 0 Å². The summed E-state index contributed by atoms with van der Waals surface area (Å²) < 4.78 is 23.0. The molecular formula is C22H26FN5O2. The number of hydrogen-bond acceptors (Lipinski definition) is 4. The van der Waals surface area contributed by atoms with E-state index in [0.29, 0.717) is 17.1 Å². The van der Waals surface area contributed by atoms with Gasteiger partial charge < -0.3 is 14.6 Å². The highest BCUT2D eigenvalue weighted by Gasteiger charge is 2.22. The van der Waals surface area contributed by atoms with Gasteiger partial charge in [0.1, 0.15) is 17.1 Å². The van der Waals surface area contributed by atoms with Crippen LogP contribution in [-0.4, -0.2) is 64.0 Å². The minimum Gasteiger partial charge on any atom is -0.379 e. The maximum absolute atomic E-state index is 14.4. The van der Waals surface area contributed by atoms with Gasteiger partial charge in [0.25, 0.3) is 5.91 Å². The molecule has 1 unspecified atom stereocenters. The summed E-state index contributed by atoms with van der Waals surface area (Å²) in [7, 11) is 0. The average Bonchev–Trinajstić information content (AvgIpc) is 3.43. The van der Waals surface area contributed by atoms with E-state index in [2.05, 4.69) is 15.3 Å². The number of carbonyl (C=O) groups is 1. The minimum atomic E-state index is -0.403. The lowest BCUT2D eigenvalue weighted by Crippen LogP contribution is -2.40. The number of ether oxygens (including phenoxy) is 1. The van der Waals surface area contributed by atoms with E-state index in [0.717, 1.165) is 39.3 Å². The van der Waals surface area contributed by atoms with Crippen LogP contribution in [0.2, 0.25) is 0 Å². The molecule has 1 aliphatic heterocycles. The number of rotatable bonds is 7. The summed E-state index contributed by atoms with van der Waals surface area (Å²) in [4.78, 5) is 15.4. The number of hydrogen-bond donors (Lipinski definition) is 1. The second-order valence-corrected chi connectivity index (χ2v) is 7.45. The number of amides is 1. The van der Waals surface area contributed by atoms with Crippen molar-refractivity contribution in [3.05, 3.63) is 66.4 Å². The van der Waals surface area contributed by atoms with Crippen LogP contribution in [0.15, 0.2) is 55.0 Å². The number of nitrogens with one attached hydrogen (secondary N) is 1. The Morgan fingerprint density at radius 2 is 1.93 bits per heavy atom. The van der Waals surface area contributed by atoms with Crippen molar-refractivity contribution in [2.75, 3.05) is 32.8 Å². The SMILES string of the molecule is CC(CCN1CCOCC1)NC(=O)c1cnn(-c2ccccc2F)c1-n1cccc1. The van der Waals surface area contributed by atoms with E-state index in [-0.39, 0.29) is 11.9 Å². The third-order valence-electron chi connectivity index (χ3n) is 5.28. The van der Waals surface area contributed by atoms with Gasteiger partial charge in [-0.2, -0.15) is 5.10 Å². The van der Waals surface area contributed by atoms with Crippen LogP contribution in [0.5, 0.6) is 0 Å². The molecule has 0 bridgehead atoms. The van der Waals surface area contributed by atoms with Gasteiger partial charge in [-0.25, -0.2) is 9.07 Å².